The van der Waals surface area contributed by atoms with Crippen molar-refractivity contribution >= 4 is 22.9 Å². The van der Waals surface area contributed by atoms with Crippen LogP contribution in [0, 0.1) is 0 Å². The molecule has 1 unspecified atom stereocenters. The van der Waals surface area contributed by atoms with Gasteiger partial charge in [0.15, 0.2) is 0 Å². The first kappa shape index (κ1) is 14.0. The molecule has 1 N–H and O–H groups in total. The van der Waals surface area contributed by atoms with Crippen molar-refractivity contribution in [3.05, 3.63) is 21.3 Å². The van der Waals surface area contributed by atoms with E-state index >= 15 is 0 Å². The minimum Gasteiger partial charge on any atom is -0.308 e. The summed E-state index contributed by atoms with van der Waals surface area (Å²) < 4.78 is 0.868. The van der Waals surface area contributed by atoms with E-state index in [0.29, 0.717) is 6.04 Å². The van der Waals surface area contributed by atoms with E-state index < -0.39 is 0 Å². The molecule has 1 heterocycles. The Hall–Kier alpha value is -0.0900. The molecule has 0 amide bonds. The van der Waals surface area contributed by atoms with Gasteiger partial charge in [0, 0.05) is 24.0 Å². The molecule has 0 aliphatic heterocycles. The first-order valence-electron chi connectivity index (χ1n) is 5.88. The summed E-state index contributed by atoms with van der Waals surface area (Å²) in [5, 5.41) is 3.52. The van der Waals surface area contributed by atoms with Gasteiger partial charge in [-0.15, -0.1) is 11.3 Å². The Kier molecular flexibility index (Phi) is 6.36. The summed E-state index contributed by atoms with van der Waals surface area (Å²) in [5.74, 6) is 0. The standard InChI is InChI=1S/C12H21ClN2S/c1-4-15(5-2)9-8-14-10(3)11-6-7-12(13)16-11/h6-7,10,14H,4-5,8-9H2,1-3H3. The molecule has 0 radical (unpaired) electrons. The van der Waals surface area contributed by atoms with Crippen LogP contribution in [0.5, 0.6) is 0 Å². The quantitative estimate of drug-likeness (QED) is 0.809. The van der Waals surface area contributed by atoms with Crippen molar-refractivity contribution in [2.45, 2.75) is 26.8 Å². The number of rotatable bonds is 7. The summed E-state index contributed by atoms with van der Waals surface area (Å²) in [4.78, 5) is 3.73. The summed E-state index contributed by atoms with van der Waals surface area (Å²) in [6.07, 6.45) is 0. The van der Waals surface area contributed by atoms with E-state index in [0.717, 1.165) is 30.5 Å². The van der Waals surface area contributed by atoms with E-state index in [4.69, 9.17) is 11.6 Å². The zero-order valence-corrected chi connectivity index (χ0v) is 11.9. The lowest BCUT2D eigenvalue weighted by Gasteiger charge is -2.19. The molecule has 0 saturated heterocycles. The Morgan fingerprint density at radius 1 is 1.38 bits per heavy atom. The predicted molar refractivity (Wildman–Crippen MR) is 73.5 cm³/mol. The minimum atomic E-state index is 0.396. The first-order chi connectivity index (χ1) is 7.67. The van der Waals surface area contributed by atoms with Crippen molar-refractivity contribution in [1.29, 1.82) is 0 Å². The lowest BCUT2D eigenvalue weighted by Crippen LogP contribution is -2.32. The van der Waals surface area contributed by atoms with Crippen molar-refractivity contribution in [3.8, 4) is 0 Å². The van der Waals surface area contributed by atoms with Crippen molar-refractivity contribution in [3.63, 3.8) is 0 Å². The van der Waals surface area contributed by atoms with Gasteiger partial charge in [-0.1, -0.05) is 25.4 Å². The van der Waals surface area contributed by atoms with Crippen LogP contribution in [0.2, 0.25) is 4.34 Å². The van der Waals surface area contributed by atoms with Crippen LogP contribution in [-0.2, 0) is 0 Å². The second-order valence-electron chi connectivity index (χ2n) is 3.84. The van der Waals surface area contributed by atoms with Gasteiger partial charge in [-0.25, -0.2) is 0 Å². The van der Waals surface area contributed by atoms with E-state index in [9.17, 15) is 0 Å². The Morgan fingerprint density at radius 2 is 2.06 bits per heavy atom. The average Bonchev–Trinajstić information content (AvgIpc) is 2.71. The zero-order chi connectivity index (χ0) is 12.0. The van der Waals surface area contributed by atoms with Crippen LogP contribution >= 0.6 is 22.9 Å². The van der Waals surface area contributed by atoms with Crippen molar-refractivity contribution in [1.82, 2.24) is 10.2 Å². The van der Waals surface area contributed by atoms with Gasteiger partial charge in [0.25, 0.3) is 0 Å². The number of thiophene rings is 1. The maximum absolute atomic E-state index is 5.92. The molecule has 0 spiro atoms. The zero-order valence-electron chi connectivity index (χ0n) is 10.3. The third-order valence-electron chi connectivity index (χ3n) is 2.79. The fourth-order valence-electron chi connectivity index (χ4n) is 1.64. The molecule has 1 rings (SSSR count). The number of hydrogen-bond acceptors (Lipinski definition) is 3. The van der Waals surface area contributed by atoms with Gasteiger partial charge in [0.1, 0.15) is 0 Å². The molecule has 1 aromatic heterocycles. The topological polar surface area (TPSA) is 15.3 Å². The summed E-state index contributed by atoms with van der Waals surface area (Å²) in [7, 11) is 0. The molecule has 0 saturated carbocycles. The Bertz CT molecular complexity index is 297. The number of nitrogens with zero attached hydrogens (tertiary/aromatic N) is 1. The van der Waals surface area contributed by atoms with Crippen LogP contribution < -0.4 is 5.32 Å². The first-order valence-corrected chi connectivity index (χ1v) is 7.07. The van der Waals surface area contributed by atoms with Gasteiger partial charge in [0.2, 0.25) is 0 Å². The van der Waals surface area contributed by atoms with Crippen LogP contribution in [0.25, 0.3) is 0 Å². The van der Waals surface area contributed by atoms with E-state index in [1.54, 1.807) is 11.3 Å². The Labute approximate surface area is 108 Å². The molecular formula is C12H21ClN2S. The van der Waals surface area contributed by atoms with Crippen LogP contribution in [0.4, 0.5) is 0 Å². The lowest BCUT2D eigenvalue weighted by atomic mass is 10.3. The predicted octanol–water partition coefficient (Wildman–Crippen LogP) is 3.39. The summed E-state index contributed by atoms with van der Waals surface area (Å²) in [5.41, 5.74) is 0. The fraction of sp³-hybridized carbons (Fsp3) is 0.667. The molecule has 0 bridgehead atoms. The number of halogens is 1. The van der Waals surface area contributed by atoms with Gasteiger partial charge >= 0.3 is 0 Å². The van der Waals surface area contributed by atoms with Crippen molar-refractivity contribution < 1.29 is 0 Å². The van der Waals surface area contributed by atoms with E-state index in [2.05, 4.69) is 37.1 Å². The van der Waals surface area contributed by atoms with Gasteiger partial charge in [-0.3, -0.25) is 0 Å². The molecule has 0 aromatic carbocycles. The third-order valence-corrected chi connectivity index (χ3v) is 4.21. The summed E-state index contributed by atoms with van der Waals surface area (Å²) in [6, 6.07) is 4.46. The van der Waals surface area contributed by atoms with E-state index in [1.807, 2.05) is 6.07 Å². The highest BCUT2D eigenvalue weighted by atomic mass is 35.5. The molecule has 0 fully saturated rings. The fourth-order valence-corrected chi connectivity index (χ4v) is 2.73. The van der Waals surface area contributed by atoms with Crippen LogP contribution in [0.3, 0.4) is 0 Å². The maximum atomic E-state index is 5.92. The molecular weight excluding hydrogens is 240 g/mol. The van der Waals surface area contributed by atoms with Crippen LogP contribution in [0.1, 0.15) is 31.7 Å². The van der Waals surface area contributed by atoms with Crippen LogP contribution in [-0.4, -0.2) is 31.1 Å². The van der Waals surface area contributed by atoms with Crippen molar-refractivity contribution in [2.24, 2.45) is 0 Å². The average molecular weight is 261 g/mol. The monoisotopic (exact) mass is 260 g/mol. The lowest BCUT2D eigenvalue weighted by molar-refractivity contribution is 0.298. The third kappa shape index (κ3) is 4.42. The maximum Gasteiger partial charge on any atom is 0.0931 e. The Morgan fingerprint density at radius 3 is 2.56 bits per heavy atom. The second-order valence-corrected chi connectivity index (χ2v) is 5.59. The molecule has 1 aromatic rings. The molecule has 92 valence electrons. The second kappa shape index (κ2) is 7.28. The SMILES string of the molecule is CCN(CC)CCNC(C)c1ccc(Cl)s1. The normalized spacial score (nSPS) is 13.3. The molecule has 1 atom stereocenters. The highest BCUT2D eigenvalue weighted by Gasteiger charge is 2.07. The minimum absolute atomic E-state index is 0.396. The summed E-state index contributed by atoms with van der Waals surface area (Å²) >= 11 is 7.57. The Balaban J connectivity index is 2.27. The summed E-state index contributed by atoms with van der Waals surface area (Å²) in [6.45, 7) is 11.0. The van der Waals surface area contributed by atoms with Crippen LogP contribution in [0.15, 0.2) is 12.1 Å². The number of nitrogens with one attached hydrogen (secondary N) is 1. The van der Waals surface area contributed by atoms with Gasteiger partial charge in [-0.2, -0.15) is 0 Å². The number of likely N-dealkylation sites (N-methyl/N-ethyl adjacent to an activating group) is 1. The highest BCUT2D eigenvalue weighted by Crippen LogP contribution is 2.26. The largest absolute Gasteiger partial charge is 0.308 e. The highest BCUT2D eigenvalue weighted by molar-refractivity contribution is 7.16. The number of hydrogen-bond donors (Lipinski definition) is 1. The molecule has 0 aliphatic rings. The van der Waals surface area contributed by atoms with E-state index in [-0.39, 0.29) is 0 Å². The molecule has 4 heteroatoms. The van der Waals surface area contributed by atoms with E-state index in [1.165, 1.54) is 4.88 Å². The van der Waals surface area contributed by atoms with Gasteiger partial charge in [-0.05, 0) is 32.1 Å². The van der Waals surface area contributed by atoms with Crippen molar-refractivity contribution in [2.75, 3.05) is 26.2 Å². The van der Waals surface area contributed by atoms with Gasteiger partial charge < -0.3 is 10.2 Å². The molecule has 16 heavy (non-hydrogen) atoms. The molecule has 0 aliphatic carbocycles. The van der Waals surface area contributed by atoms with Gasteiger partial charge in [0.05, 0.1) is 4.34 Å². The molecule has 2 nitrogen and oxygen atoms in total. The smallest absolute Gasteiger partial charge is 0.0931 e.